The molecule has 176 valence electrons. The first kappa shape index (κ1) is 26.2. The lowest BCUT2D eigenvalue weighted by atomic mass is 10.2. The summed E-state index contributed by atoms with van der Waals surface area (Å²) in [4.78, 5) is 9.35. The third kappa shape index (κ3) is 6.04. The smallest absolute Gasteiger partial charge is 0.242 e. The van der Waals surface area contributed by atoms with Crippen LogP contribution in [0.1, 0.15) is 12.5 Å². The predicted molar refractivity (Wildman–Crippen MR) is 139 cm³/mol. The fraction of sp³-hybridized carbons (Fsp3) is 0.409. The van der Waals surface area contributed by atoms with Crippen LogP contribution < -0.4 is 10.2 Å². The van der Waals surface area contributed by atoms with Gasteiger partial charge in [0.15, 0.2) is 5.96 Å². The number of phenolic OH excluding ortho intramolecular Hbond substituents is 1. The van der Waals surface area contributed by atoms with Gasteiger partial charge in [-0.15, -0.1) is 24.0 Å². The minimum absolute atomic E-state index is 0. The highest BCUT2D eigenvalue weighted by Crippen LogP contribution is 2.27. The predicted octanol–water partition coefficient (Wildman–Crippen LogP) is 2.55. The first-order valence-electron chi connectivity index (χ1n) is 10.4. The Morgan fingerprint density at radius 2 is 1.69 bits per heavy atom. The Labute approximate surface area is 208 Å². The average molecular weight is 574 g/mol. The van der Waals surface area contributed by atoms with Crippen molar-refractivity contribution in [1.82, 2.24) is 14.5 Å². The van der Waals surface area contributed by atoms with Gasteiger partial charge in [-0.1, -0.05) is 30.3 Å². The van der Waals surface area contributed by atoms with Gasteiger partial charge in [0.1, 0.15) is 5.75 Å². The van der Waals surface area contributed by atoms with E-state index in [1.54, 1.807) is 24.3 Å². The van der Waals surface area contributed by atoms with Gasteiger partial charge >= 0.3 is 0 Å². The van der Waals surface area contributed by atoms with Gasteiger partial charge in [0.05, 0.1) is 17.1 Å². The number of aromatic hydroxyl groups is 1. The molecule has 0 saturated carbocycles. The summed E-state index contributed by atoms with van der Waals surface area (Å²) in [7, 11) is -0.472. The monoisotopic (exact) mass is 573 g/mol. The number of anilines is 1. The summed E-state index contributed by atoms with van der Waals surface area (Å²) in [5.74, 6) is 1.05. The lowest BCUT2D eigenvalue weighted by molar-refractivity contribution is 0.369. The van der Waals surface area contributed by atoms with Gasteiger partial charge in [-0.3, -0.25) is 0 Å². The van der Waals surface area contributed by atoms with Crippen LogP contribution >= 0.6 is 24.0 Å². The summed E-state index contributed by atoms with van der Waals surface area (Å²) in [6.07, 6.45) is 0. The van der Waals surface area contributed by atoms with Crippen molar-refractivity contribution in [2.24, 2.45) is 4.99 Å². The van der Waals surface area contributed by atoms with Crippen LogP contribution in [0.15, 0.2) is 58.4 Å². The second-order valence-electron chi connectivity index (χ2n) is 7.53. The number of halogens is 1. The van der Waals surface area contributed by atoms with E-state index in [1.807, 2.05) is 31.2 Å². The Morgan fingerprint density at radius 1 is 1.06 bits per heavy atom. The zero-order valence-corrected chi connectivity index (χ0v) is 21.9. The lowest BCUT2D eigenvalue weighted by Crippen LogP contribution is -2.52. The normalized spacial score (nSPS) is 14.9. The van der Waals surface area contributed by atoms with Gasteiger partial charge in [0.2, 0.25) is 10.0 Å². The molecular formula is C22H32IN5O3S. The Kier molecular flexibility index (Phi) is 9.59. The Hall–Kier alpha value is -2.05. The number of aliphatic imine (C=N–C) groups is 1. The molecule has 0 aromatic heterocycles. The fourth-order valence-corrected chi connectivity index (χ4v) is 4.67. The summed E-state index contributed by atoms with van der Waals surface area (Å²) in [6.45, 7) is 6.01. The standard InChI is InChI=1S/C22H31N5O3S.HI/c1-4-23-22(24-17-18-9-5-8-12-21(18)31(29,30)25(2)3)27-15-13-26(14-16-27)19-10-6-7-11-20(19)28;/h5-12,28H,4,13-17H2,1-3H3,(H,23,24);1H. The highest BCUT2D eigenvalue weighted by molar-refractivity contribution is 14.0. The maximum Gasteiger partial charge on any atom is 0.242 e. The number of nitrogens with zero attached hydrogens (tertiary/aromatic N) is 4. The summed E-state index contributed by atoms with van der Waals surface area (Å²) < 4.78 is 26.5. The number of phenols is 1. The van der Waals surface area contributed by atoms with Crippen LogP contribution in [-0.4, -0.2) is 75.5 Å². The van der Waals surface area contributed by atoms with E-state index < -0.39 is 10.0 Å². The molecule has 0 aliphatic carbocycles. The zero-order chi connectivity index (χ0) is 22.4. The number of benzene rings is 2. The van der Waals surface area contributed by atoms with Gasteiger partial charge in [-0.05, 0) is 30.7 Å². The summed E-state index contributed by atoms with van der Waals surface area (Å²) in [5.41, 5.74) is 1.51. The number of rotatable bonds is 6. The van der Waals surface area contributed by atoms with Crippen molar-refractivity contribution in [2.45, 2.75) is 18.4 Å². The van der Waals surface area contributed by atoms with Crippen molar-refractivity contribution >= 4 is 45.6 Å². The van der Waals surface area contributed by atoms with Crippen LogP contribution in [0.3, 0.4) is 0 Å². The summed E-state index contributed by atoms with van der Waals surface area (Å²) in [5, 5.41) is 13.4. The summed E-state index contributed by atoms with van der Waals surface area (Å²) in [6, 6.07) is 14.4. The van der Waals surface area contributed by atoms with Crippen LogP contribution in [0.25, 0.3) is 0 Å². The highest BCUT2D eigenvalue weighted by Gasteiger charge is 2.23. The molecule has 0 radical (unpaired) electrons. The van der Waals surface area contributed by atoms with Gasteiger partial charge < -0.3 is 20.2 Å². The minimum Gasteiger partial charge on any atom is -0.506 e. The van der Waals surface area contributed by atoms with Gasteiger partial charge in [0, 0.05) is 46.8 Å². The molecule has 10 heteroatoms. The molecule has 2 aromatic carbocycles. The van der Waals surface area contributed by atoms with Gasteiger partial charge in [-0.25, -0.2) is 17.7 Å². The SMILES string of the molecule is CCNC(=NCc1ccccc1S(=O)(=O)N(C)C)N1CCN(c2ccccc2O)CC1.I. The van der Waals surface area contributed by atoms with Crippen molar-refractivity contribution < 1.29 is 13.5 Å². The molecule has 3 rings (SSSR count). The number of guanidine groups is 1. The third-order valence-corrected chi connectivity index (χ3v) is 7.18. The van der Waals surface area contributed by atoms with E-state index in [9.17, 15) is 13.5 Å². The fourth-order valence-electron chi connectivity index (χ4n) is 3.56. The summed E-state index contributed by atoms with van der Waals surface area (Å²) >= 11 is 0. The van der Waals surface area contributed by atoms with Crippen LogP contribution in [0, 0.1) is 0 Å². The molecule has 2 N–H and O–H groups in total. The molecule has 1 aliphatic rings. The number of para-hydroxylation sites is 2. The topological polar surface area (TPSA) is 88.5 Å². The van der Waals surface area contributed by atoms with E-state index in [-0.39, 0.29) is 41.2 Å². The molecule has 0 amide bonds. The second kappa shape index (κ2) is 11.7. The number of sulfonamides is 1. The first-order valence-corrected chi connectivity index (χ1v) is 11.8. The largest absolute Gasteiger partial charge is 0.506 e. The van der Waals surface area contributed by atoms with E-state index >= 15 is 0 Å². The van der Waals surface area contributed by atoms with Gasteiger partial charge in [0.25, 0.3) is 0 Å². The Morgan fingerprint density at radius 3 is 2.31 bits per heavy atom. The van der Waals surface area contributed by atoms with E-state index in [0.717, 1.165) is 44.4 Å². The van der Waals surface area contributed by atoms with Gasteiger partial charge in [-0.2, -0.15) is 0 Å². The zero-order valence-electron chi connectivity index (χ0n) is 18.7. The first-order chi connectivity index (χ1) is 14.8. The third-order valence-electron chi connectivity index (χ3n) is 5.27. The molecule has 0 spiro atoms. The van der Waals surface area contributed by atoms with E-state index in [4.69, 9.17) is 4.99 Å². The quantitative estimate of drug-likeness (QED) is 0.314. The molecule has 32 heavy (non-hydrogen) atoms. The Balaban J connectivity index is 0.00000363. The minimum atomic E-state index is -3.53. The molecule has 0 bridgehead atoms. The maximum atomic E-state index is 12.6. The maximum absolute atomic E-state index is 12.6. The van der Waals surface area contributed by atoms with E-state index in [2.05, 4.69) is 15.1 Å². The van der Waals surface area contributed by atoms with Crippen molar-refractivity contribution in [1.29, 1.82) is 0 Å². The van der Waals surface area contributed by atoms with Crippen molar-refractivity contribution in [2.75, 3.05) is 51.7 Å². The molecule has 1 heterocycles. The molecule has 1 aliphatic heterocycles. The molecule has 8 nitrogen and oxygen atoms in total. The second-order valence-corrected chi connectivity index (χ2v) is 9.65. The van der Waals surface area contributed by atoms with E-state index in [1.165, 1.54) is 18.4 Å². The average Bonchev–Trinajstić information content (AvgIpc) is 2.77. The highest BCUT2D eigenvalue weighted by atomic mass is 127. The number of nitrogens with one attached hydrogen (secondary N) is 1. The van der Waals surface area contributed by atoms with Crippen molar-refractivity contribution in [3.63, 3.8) is 0 Å². The van der Waals surface area contributed by atoms with Crippen molar-refractivity contribution in [3.05, 3.63) is 54.1 Å². The van der Waals surface area contributed by atoms with Crippen molar-refractivity contribution in [3.8, 4) is 5.75 Å². The number of hydrogen-bond acceptors (Lipinski definition) is 5. The van der Waals surface area contributed by atoms with Crippen LogP contribution in [0.4, 0.5) is 5.69 Å². The van der Waals surface area contributed by atoms with Crippen LogP contribution in [-0.2, 0) is 16.6 Å². The molecule has 0 atom stereocenters. The molecule has 0 unspecified atom stereocenters. The Bertz CT molecular complexity index is 1020. The van der Waals surface area contributed by atoms with Crippen LogP contribution in [0.5, 0.6) is 5.75 Å². The number of piperazine rings is 1. The molecule has 1 fully saturated rings. The number of hydrogen-bond donors (Lipinski definition) is 2. The van der Waals surface area contributed by atoms with E-state index in [0.29, 0.717) is 5.56 Å². The molecule has 1 saturated heterocycles. The molecular weight excluding hydrogens is 541 g/mol. The van der Waals surface area contributed by atoms with Crippen LogP contribution in [0.2, 0.25) is 0 Å². The lowest BCUT2D eigenvalue weighted by Gasteiger charge is -2.37. The molecule has 2 aromatic rings.